The number of halogens is 1. The summed E-state index contributed by atoms with van der Waals surface area (Å²) in [4.78, 5) is 47.0. The van der Waals surface area contributed by atoms with E-state index in [0.717, 1.165) is 0 Å². The fourth-order valence-corrected chi connectivity index (χ4v) is 3.78. The predicted molar refractivity (Wildman–Crippen MR) is 99.6 cm³/mol. The third-order valence-electron chi connectivity index (χ3n) is 4.57. The molecule has 0 spiro atoms. The molecule has 0 saturated heterocycles. The molecular formula is C17H20ClN5O6. The Labute approximate surface area is 170 Å². The highest BCUT2D eigenvalue weighted by Gasteiger charge is 2.49. The van der Waals surface area contributed by atoms with Crippen molar-refractivity contribution in [2.75, 3.05) is 12.3 Å². The standard InChI is InChI=1S/C17H20ClN5O6/c1-7(24)27-5-10-4-11(14(29-9(3)26)13(10)28-8(2)25)23-6-20-12-15(18)21-17(19)22-16(12)23/h6,10-11,13-14H,4-5H2,1-3H3,(H2,19,21,22)/t10-,11-,13+,14+/m1/s1. The van der Waals surface area contributed by atoms with Crippen LogP contribution >= 0.6 is 11.6 Å². The quantitative estimate of drug-likeness (QED) is 0.418. The first-order chi connectivity index (χ1) is 13.7. The van der Waals surface area contributed by atoms with Crippen LogP contribution in [0.2, 0.25) is 5.15 Å². The molecule has 0 aromatic carbocycles. The molecule has 0 bridgehead atoms. The van der Waals surface area contributed by atoms with Gasteiger partial charge in [0.1, 0.15) is 11.6 Å². The normalized spacial score (nSPS) is 23.7. The van der Waals surface area contributed by atoms with Crippen LogP contribution in [0.3, 0.4) is 0 Å². The minimum Gasteiger partial charge on any atom is -0.465 e. The maximum Gasteiger partial charge on any atom is 0.303 e. The Morgan fingerprint density at radius 2 is 1.79 bits per heavy atom. The number of carbonyl (C=O) groups excluding carboxylic acids is 3. The number of fused-ring (bicyclic) bond motifs is 1. The zero-order chi connectivity index (χ0) is 21.3. The molecule has 1 fully saturated rings. The van der Waals surface area contributed by atoms with Gasteiger partial charge in [0.05, 0.1) is 19.0 Å². The molecular weight excluding hydrogens is 406 g/mol. The van der Waals surface area contributed by atoms with E-state index in [1.165, 1.54) is 27.1 Å². The highest BCUT2D eigenvalue weighted by molar-refractivity contribution is 6.33. The van der Waals surface area contributed by atoms with Crippen molar-refractivity contribution in [2.24, 2.45) is 5.92 Å². The molecule has 0 aliphatic heterocycles. The lowest BCUT2D eigenvalue weighted by atomic mass is 10.1. The van der Waals surface area contributed by atoms with Crippen molar-refractivity contribution in [3.63, 3.8) is 0 Å². The number of nitrogen functional groups attached to an aromatic ring is 1. The molecule has 156 valence electrons. The van der Waals surface area contributed by atoms with Crippen molar-refractivity contribution in [2.45, 2.75) is 45.4 Å². The van der Waals surface area contributed by atoms with Crippen molar-refractivity contribution in [3.8, 4) is 0 Å². The van der Waals surface area contributed by atoms with Gasteiger partial charge in [0.2, 0.25) is 5.95 Å². The lowest BCUT2D eigenvalue weighted by Gasteiger charge is -2.26. The molecule has 0 radical (unpaired) electrons. The van der Waals surface area contributed by atoms with E-state index in [1.54, 1.807) is 4.57 Å². The third-order valence-corrected chi connectivity index (χ3v) is 4.83. The second kappa shape index (κ2) is 8.19. The molecule has 2 aromatic heterocycles. The Bertz CT molecular complexity index is 963. The van der Waals surface area contributed by atoms with Gasteiger partial charge in [-0.2, -0.15) is 9.97 Å². The van der Waals surface area contributed by atoms with Crippen molar-refractivity contribution in [1.29, 1.82) is 0 Å². The van der Waals surface area contributed by atoms with Crippen molar-refractivity contribution < 1.29 is 28.6 Å². The van der Waals surface area contributed by atoms with Crippen LogP contribution in [-0.4, -0.2) is 56.2 Å². The van der Waals surface area contributed by atoms with Gasteiger partial charge in [-0.05, 0) is 6.42 Å². The van der Waals surface area contributed by atoms with E-state index in [1.807, 2.05) is 0 Å². The molecule has 11 nitrogen and oxygen atoms in total. The topological polar surface area (TPSA) is 149 Å². The second-order valence-corrected chi connectivity index (χ2v) is 7.07. The summed E-state index contributed by atoms with van der Waals surface area (Å²) in [6, 6.07) is -0.515. The van der Waals surface area contributed by atoms with Crippen LogP contribution in [0.15, 0.2) is 6.33 Å². The maximum atomic E-state index is 11.8. The Hall–Kier alpha value is -2.95. The Morgan fingerprint density at radius 1 is 1.14 bits per heavy atom. The minimum absolute atomic E-state index is 0.00788. The van der Waals surface area contributed by atoms with Gasteiger partial charge in [0.15, 0.2) is 16.9 Å². The Morgan fingerprint density at radius 3 is 2.41 bits per heavy atom. The van der Waals surface area contributed by atoms with Crippen molar-refractivity contribution in [3.05, 3.63) is 11.5 Å². The zero-order valence-electron chi connectivity index (χ0n) is 16.0. The molecule has 3 rings (SSSR count). The molecule has 2 aromatic rings. The van der Waals surface area contributed by atoms with Gasteiger partial charge in [0.25, 0.3) is 0 Å². The molecule has 0 unspecified atom stereocenters. The van der Waals surface area contributed by atoms with E-state index in [0.29, 0.717) is 17.6 Å². The fourth-order valence-electron chi connectivity index (χ4n) is 3.56. The molecule has 1 aliphatic rings. The summed E-state index contributed by atoms with van der Waals surface area (Å²) in [5, 5.41) is 0.0845. The highest BCUT2D eigenvalue weighted by atomic mass is 35.5. The third kappa shape index (κ3) is 4.39. The number of anilines is 1. The van der Waals surface area contributed by atoms with Gasteiger partial charge in [-0.15, -0.1) is 0 Å². The number of hydrogen-bond acceptors (Lipinski definition) is 10. The first-order valence-corrected chi connectivity index (χ1v) is 9.18. The maximum absolute atomic E-state index is 11.8. The van der Waals surface area contributed by atoms with E-state index in [2.05, 4.69) is 15.0 Å². The number of rotatable bonds is 5. The average Bonchev–Trinajstić information content (AvgIpc) is 3.15. The summed E-state index contributed by atoms with van der Waals surface area (Å²) in [7, 11) is 0. The van der Waals surface area contributed by atoms with Crippen molar-refractivity contribution >= 4 is 46.6 Å². The average molecular weight is 426 g/mol. The second-order valence-electron chi connectivity index (χ2n) is 6.71. The molecule has 0 amide bonds. The number of imidazole rings is 1. The van der Waals surface area contributed by atoms with Crippen LogP contribution in [0.5, 0.6) is 0 Å². The van der Waals surface area contributed by atoms with Crippen molar-refractivity contribution in [1.82, 2.24) is 19.5 Å². The molecule has 2 heterocycles. The Balaban J connectivity index is 2.04. The van der Waals surface area contributed by atoms with E-state index in [9.17, 15) is 14.4 Å². The molecule has 12 heteroatoms. The number of aromatic nitrogens is 4. The lowest BCUT2D eigenvalue weighted by Crippen LogP contribution is -2.38. The summed E-state index contributed by atoms with van der Waals surface area (Å²) in [5.74, 6) is -2.03. The van der Waals surface area contributed by atoms with Crippen LogP contribution in [-0.2, 0) is 28.6 Å². The van der Waals surface area contributed by atoms with Gasteiger partial charge in [-0.3, -0.25) is 14.4 Å². The van der Waals surface area contributed by atoms with Crippen LogP contribution in [0.1, 0.15) is 33.2 Å². The summed E-state index contributed by atoms with van der Waals surface area (Å²) in [6.07, 6.45) is 0.151. The van der Waals surface area contributed by atoms with Gasteiger partial charge in [-0.1, -0.05) is 11.6 Å². The summed E-state index contributed by atoms with van der Waals surface area (Å²) in [6.45, 7) is 3.78. The van der Waals surface area contributed by atoms with Crippen LogP contribution in [0.25, 0.3) is 11.2 Å². The summed E-state index contributed by atoms with van der Waals surface area (Å²) >= 11 is 6.09. The number of nitrogens with two attached hydrogens (primary N) is 1. The van der Waals surface area contributed by atoms with Crippen LogP contribution in [0.4, 0.5) is 5.95 Å². The zero-order valence-corrected chi connectivity index (χ0v) is 16.8. The number of ether oxygens (including phenoxy) is 3. The number of hydrogen-bond donors (Lipinski definition) is 1. The minimum atomic E-state index is -0.857. The predicted octanol–water partition coefficient (Wildman–Crippen LogP) is 1.05. The first kappa shape index (κ1) is 20.8. The monoisotopic (exact) mass is 425 g/mol. The number of esters is 3. The first-order valence-electron chi connectivity index (χ1n) is 8.80. The van der Waals surface area contributed by atoms with Gasteiger partial charge in [-0.25, -0.2) is 4.98 Å². The molecule has 29 heavy (non-hydrogen) atoms. The molecule has 4 atom stereocenters. The summed E-state index contributed by atoms with van der Waals surface area (Å²) < 4.78 is 17.7. The SMILES string of the molecule is CC(=O)OC[C@H]1C[C@@H](n2cnc3c(Cl)nc(N)nc32)[C@H](OC(C)=O)[C@H]1OC(C)=O. The van der Waals surface area contributed by atoms with E-state index < -0.39 is 42.1 Å². The van der Waals surface area contributed by atoms with Gasteiger partial charge < -0.3 is 24.5 Å². The van der Waals surface area contributed by atoms with E-state index in [4.69, 9.17) is 31.5 Å². The smallest absolute Gasteiger partial charge is 0.303 e. The fraction of sp³-hybridized carbons (Fsp3) is 0.529. The molecule has 2 N–H and O–H groups in total. The van der Waals surface area contributed by atoms with Crippen LogP contribution < -0.4 is 5.73 Å². The molecule has 1 saturated carbocycles. The highest BCUT2D eigenvalue weighted by Crippen LogP contribution is 2.41. The van der Waals surface area contributed by atoms with E-state index in [-0.39, 0.29) is 17.7 Å². The summed E-state index contributed by atoms with van der Waals surface area (Å²) in [5.41, 5.74) is 6.38. The van der Waals surface area contributed by atoms with Gasteiger partial charge >= 0.3 is 17.9 Å². The van der Waals surface area contributed by atoms with E-state index >= 15 is 0 Å². The Kier molecular flexibility index (Phi) is 5.87. The molecule has 1 aliphatic carbocycles. The number of nitrogens with zero attached hydrogens (tertiary/aromatic N) is 4. The largest absolute Gasteiger partial charge is 0.465 e. The number of carbonyl (C=O) groups is 3. The van der Waals surface area contributed by atoms with Gasteiger partial charge in [0, 0.05) is 26.7 Å². The lowest BCUT2D eigenvalue weighted by molar-refractivity contribution is -0.168. The van der Waals surface area contributed by atoms with Crippen LogP contribution in [0, 0.1) is 5.92 Å².